The van der Waals surface area contributed by atoms with Crippen LogP contribution >= 0.6 is 0 Å². The minimum absolute atomic E-state index is 0.177. The second-order valence-electron chi connectivity index (χ2n) is 3.85. The number of halogens is 3. The van der Waals surface area contributed by atoms with Gasteiger partial charge in [-0.25, -0.2) is 4.68 Å². The van der Waals surface area contributed by atoms with Gasteiger partial charge < -0.3 is 5.73 Å². The predicted octanol–water partition coefficient (Wildman–Crippen LogP) is 1.87. The molecule has 0 atom stereocenters. The Labute approximate surface area is 90.2 Å². The number of anilines is 1. The Bertz CT molecular complexity index is 395. The van der Waals surface area contributed by atoms with Crippen LogP contribution in [0.15, 0.2) is 6.20 Å². The Morgan fingerprint density at radius 3 is 2.56 bits per heavy atom. The van der Waals surface area contributed by atoms with Gasteiger partial charge in [0, 0.05) is 6.54 Å². The number of nitrogens with zero attached hydrogens (tertiary/aromatic N) is 2. The topological polar surface area (TPSA) is 60.9 Å². The van der Waals surface area contributed by atoms with E-state index in [-0.39, 0.29) is 11.7 Å². The number of alkyl halides is 3. The number of nitrogen functional groups attached to an aromatic ring is 1. The number of carbonyl (C=O) groups is 1. The van der Waals surface area contributed by atoms with Crippen molar-refractivity contribution in [1.29, 1.82) is 0 Å². The van der Waals surface area contributed by atoms with Crippen LogP contribution < -0.4 is 5.73 Å². The molecule has 0 amide bonds. The first kappa shape index (κ1) is 12.5. The smallest absolute Gasteiger partial charge is 0.383 e. The highest BCUT2D eigenvalue weighted by molar-refractivity contribution is 6.03. The van der Waals surface area contributed by atoms with Gasteiger partial charge in [0.1, 0.15) is 5.82 Å². The number of carbonyl (C=O) groups excluding carboxylic acids is 1. The van der Waals surface area contributed by atoms with E-state index in [9.17, 15) is 18.0 Å². The molecule has 0 unspecified atom stereocenters. The zero-order valence-electron chi connectivity index (χ0n) is 8.88. The number of hydrogen-bond acceptors (Lipinski definition) is 3. The molecule has 1 heterocycles. The van der Waals surface area contributed by atoms with Crippen molar-refractivity contribution in [2.75, 3.05) is 5.73 Å². The lowest BCUT2D eigenvalue weighted by molar-refractivity contribution is -0.0884. The van der Waals surface area contributed by atoms with Gasteiger partial charge in [-0.15, -0.1) is 0 Å². The molecule has 0 aliphatic carbocycles. The van der Waals surface area contributed by atoms with Crippen LogP contribution in [0, 0.1) is 5.92 Å². The van der Waals surface area contributed by atoms with Crippen molar-refractivity contribution in [3.8, 4) is 0 Å². The van der Waals surface area contributed by atoms with Gasteiger partial charge >= 0.3 is 6.18 Å². The molecule has 4 nitrogen and oxygen atoms in total. The molecular weight excluding hydrogens is 223 g/mol. The second kappa shape index (κ2) is 4.15. The molecule has 2 N–H and O–H groups in total. The number of hydrogen-bond donors (Lipinski definition) is 1. The number of nitrogens with two attached hydrogens (primary N) is 1. The van der Waals surface area contributed by atoms with Crippen molar-refractivity contribution in [3.63, 3.8) is 0 Å². The molecule has 1 rings (SSSR count). The van der Waals surface area contributed by atoms with Crippen molar-refractivity contribution in [2.45, 2.75) is 26.6 Å². The highest BCUT2D eigenvalue weighted by Gasteiger charge is 2.41. The van der Waals surface area contributed by atoms with E-state index in [2.05, 4.69) is 5.10 Å². The number of ketones is 1. The van der Waals surface area contributed by atoms with E-state index in [0.717, 1.165) is 6.20 Å². The summed E-state index contributed by atoms with van der Waals surface area (Å²) in [5, 5.41) is 3.66. The first-order chi connectivity index (χ1) is 7.23. The summed E-state index contributed by atoms with van der Waals surface area (Å²) in [5.74, 6) is -2.02. The normalized spacial score (nSPS) is 12.1. The van der Waals surface area contributed by atoms with E-state index in [1.54, 1.807) is 0 Å². The van der Waals surface area contributed by atoms with E-state index < -0.39 is 17.5 Å². The number of rotatable bonds is 3. The molecule has 0 saturated heterocycles. The van der Waals surface area contributed by atoms with E-state index in [1.165, 1.54) is 4.68 Å². The summed E-state index contributed by atoms with van der Waals surface area (Å²) >= 11 is 0. The molecular formula is C9H12F3N3O. The Morgan fingerprint density at radius 1 is 1.56 bits per heavy atom. The van der Waals surface area contributed by atoms with Crippen molar-refractivity contribution in [3.05, 3.63) is 11.8 Å². The van der Waals surface area contributed by atoms with Gasteiger partial charge in [0.15, 0.2) is 0 Å². The predicted molar refractivity (Wildman–Crippen MR) is 51.9 cm³/mol. The van der Waals surface area contributed by atoms with E-state index >= 15 is 0 Å². The Kier molecular flexibility index (Phi) is 3.25. The maximum absolute atomic E-state index is 12.1. The van der Waals surface area contributed by atoms with Crippen LogP contribution in [0.5, 0.6) is 0 Å². The summed E-state index contributed by atoms with van der Waals surface area (Å²) in [4.78, 5) is 10.9. The van der Waals surface area contributed by atoms with Gasteiger partial charge in [-0.1, -0.05) is 13.8 Å². The fourth-order valence-corrected chi connectivity index (χ4v) is 1.21. The molecule has 0 bridgehead atoms. The lowest BCUT2D eigenvalue weighted by Crippen LogP contribution is -2.23. The zero-order chi connectivity index (χ0) is 12.5. The van der Waals surface area contributed by atoms with Gasteiger partial charge in [-0.2, -0.15) is 18.3 Å². The van der Waals surface area contributed by atoms with Crippen LogP contribution in [0.4, 0.5) is 19.0 Å². The first-order valence-electron chi connectivity index (χ1n) is 4.66. The van der Waals surface area contributed by atoms with Gasteiger partial charge in [-0.3, -0.25) is 4.79 Å². The molecule has 0 spiro atoms. The van der Waals surface area contributed by atoms with E-state index in [4.69, 9.17) is 5.73 Å². The average molecular weight is 235 g/mol. The first-order valence-corrected chi connectivity index (χ1v) is 4.66. The molecule has 0 aromatic carbocycles. The molecule has 7 heteroatoms. The van der Waals surface area contributed by atoms with Crippen molar-refractivity contribution in [1.82, 2.24) is 9.78 Å². The SMILES string of the molecule is CC(C)Cn1ncc(C(=O)C(F)(F)F)c1N. The van der Waals surface area contributed by atoms with Crippen LogP contribution in [0.25, 0.3) is 0 Å². The largest absolute Gasteiger partial charge is 0.455 e. The van der Waals surface area contributed by atoms with Crippen LogP contribution in [0.3, 0.4) is 0 Å². The third-order valence-corrected chi connectivity index (χ3v) is 1.92. The Morgan fingerprint density at radius 2 is 2.12 bits per heavy atom. The highest BCUT2D eigenvalue weighted by Crippen LogP contribution is 2.24. The summed E-state index contributed by atoms with van der Waals surface area (Å²) in [5.41, 5.74) is 4.84. The van der Waals surface area contributed by atoms with Crippen molar-refractivity contribution >= 4 is 11.6 Å². The van der Waals surface area contributed by atoms with Gasteiger partial charge in [0.25, 0.3) is 5.78 Å². The molecule has 1 aromatic rings. The summed E-state index contributed by atoms with van der Waals surface area (Å²) < 4.78 is 37.6. The molecule has 1 aromatic heterocycles. The van der Waals surface area contributed by atoms with Crippen molar-refractivity contribution in [2.24, 2.45) is 5.92 Å². The number of Topliss-reactive ketones (excluding diaryl/α,β-unsaturated/α-hetero) is 1. The van der Waals surface area contributed by atoms with Crippen LogP contribution in [0.1, 0.15) is 24.2 Å². The van der Waals surface area contributed by atoms with Gasteiger partial charge in [-0.05, 0) is 5.92 Å². The fraction of sp³-hybridized carbons (Fsp3) is 0.556. The molecule has 0 fully saturated rings. The Balaban J connectivity index is 3.01. The maximum Gasteiger partial charge on any atom is 0.455 e. The monoisotopic (exact) mass is 235 g/mol. The summed E-state index contributed by atoms with van der Waals surface area (Å²) in [6.07, 6.45) is -4.06. The summed E-state index contributed by atoms with van der Waals surface area (Å²) in [7, 11) is 0. The van der Waals surface area contributed by atoms with Gasteiger partial charge in [0.2, 0.25) is 0 Å². The molecule has 16 heavy (non-hydrogen) atoms. The molecule has 0 aliphatic rings. The second-order valence-corrected chi connectivity index (χ2v) is 3.85. The van der Waals surface area contributed by atoms with E-state index in [1.807, 2.05) is 13.8 Å². The summed E-state index contributed by atoms with van der Waals surface area (Å²) in [6, 6.07) is 0. The Hall–Kier alpha value is -1.53. The summed E-state index contributed by atoms with van der Waals surface area (Å²) in [6.45, 7) is 4.11. The third kappa shape index (κ3) is 2.53. The lowest BCUT2D eigenvalue weighted by Gasteiger charge is -2.08. The lowest BCUT2D eigenvalue weighted by atomic mass is 10.2. The standard InChI is InChI=1S/C9H12F3N3O/c1-5(2)4-15-8(13)6(3-14-15)7(16)9(10,11)12/h3,5H,4,13H2,1-2H3. The van der Waals surface area contributed by atoms with Crippen LogP contribution in [-0.4, -0.2) is 21.7 Å². The van der Waals surface area contributed by atoms with Gasteiger partial charge in [0.05, 0.1) is 11.8 Å². The molecule has 0 saturated carbocycles. The number of aromatic nitrogens is 2. The van der Waals surface area contributed by atoms with Crippen molar-refractivity contribution < 1.29 is 18.0 Å². The zero-order valence-corrected chi connectivity index (χ0v) is 8.88. The fourth-order valence-electron chi connectivity index (χ4n) is 1.21. The molecule has 0 radical (unpaired) electrons. The molecule has 90 valence electrons. The molecule has 0 aliphatic heterocycles. The third-order valence-electron chi connectivity index (χ3n) is 1.92. The quantitative estimate of drug-likeness (QED) is 0.813. The van der Waals surface area contributed by atoms with Crippen LogP contribution in [-0.2, 0) is 6.54 Å². The average Bonchev–Trinajstić information content (AvgIpc) is 2.45. The van der Waals surface area contributed by atoms with E-state index in [0.29, 0.717) is 6.54 Å². The minimum atomic E-state index is -4.92. The minimum Gasteiger partial charge on any atom is -0.383 e. The van der Waals surface area contributed by atoms with Crippen LogP contribution in [0.2, 0.25) is 0 Å². The maximum atomic E-state index is 12.1. The highest BCUT2D eigenvalue weighted by atomic mass is 19.4.